The Bertz CT molecular complexity index is 1200. The summed E-state index contributed by atoms with van der Waals surface area (Å²) >= 11 is 0. The van der Waals surface area contributed by atoms with Crippen LogP contribution in [0.15, 0.2) is 54.7 Å². The molecule has 2 heterocycles. The molecule has 0 radical (unpaired) electrons. The molecule has 0 saturated heterocycles. The monoisotopic (exact) mass is 402 g/mol. The van der Waals surface area contributed by atoms with Crippen LogP contribution in [0.2, 0.25) is 0 Å². The zero-order valence-corrected chi connectivity index (χ0v) is 16.8. The summed E-state index contributed by atoms with van der Waals surface area (Å²) in [4.78, 5) is 25.1. The number of aromatic amines is 1. The molecule has 0 aliphatic carbocycles. The third-order valence-corrected chi connectivity index (χ3v) is 5.14. The maximum absolute atomic E-state index is 13.0. The maximum atomic E-state index is 13.0. The molecule has 8 nitrogen and oxygen atoms in total. The minimum absolute atomic E-state index is 0.0153. The van der Waals surface area contributed by atoms with E-state index in [0.717, 1.165) is 22.0 Å². The van der Waals surface area contributed by atoms with Crippen LogP contribution in [0.1, 0.15) is 42.2 Å². The van der Waals surface area contributed by atoms with Crippen LogP contribution in [-0.2, 0) is 11.3 Å². The molecular formula is C22H22N6O2. The summed E-state index contributed by atoms with van der Waals surface area (Å²) in [6.45, 7) is 3.88. The zero-order chi connectivity index (χ0) is 21.1. The van der Waals surface area contributed by atoms with Crippen molar-refractivity contribution in [2.24, 2.45) is 0 Å². The second-order valence-electron chi connectivity index (χ2n) is 7.10. The van der Waals surface area contributed by atoms with E-state index in [4.69, 9.17) is 0 Å². The van der Waals surface area contributed by atoms with Crippen molar-refractivity contribution in [2.45, 2.75) is 32.9 Å². The van der Waals surface area contributed by atoms with Crippen molar-refractivity contribution in [3.8, 4) is 11.4 Å². The predicted octanol–water partition coefficient (Wildman–Crippen LogP) is 3.29. The van der Waals surface area contributed by atoms with E-state index in [2.05, 4.69) is 25.9 Å². The van der Waals surface area contributed by atoms with Gasteiger partial charge < -0.3 is 9.88 Å². The van der Waals surface area contributed by atoms with Gasteiger partial charge in [0.1, 0.15) is 6.04 Å². The van der Waals surface area contributed by atoms with E-state index < -0.39 is 6.04 Å². The zero-order valence-electron chi connectivity index (χ0n) is 16.8. The lowest BCUT2D eigenvalue weighted by molar-refractivity contribution is -0.124. The highest BCUT2D eigenvalue weighted by molar-refractivity contribution is 6.07. The van der Waals surface area contributed by atoms with E-state index in [-0.39, 0.29) is 11.7 Å². The molecule has 30 heavy (non-hydrogen) atoms. The third kappa shape index (κ3) is 3.71. The minimum atomic E-state index is -0.414. The van der Waals surface area contributed by atoms with Gasteiger partial charge >= 0.3 is 0 Å². The number of para-hydroxylation sites is 1. The Morgan fingerprint density at radius 3 is 2.73 bits per heavy atom. The van der Waals surface area contributed by atoms with Crippen molar-refractivity contribution in [3.05, 3.63) is 65.9 Å². The molecule has 0 aliphatic heterocycles. The Labute approximate surface area is 173 Å². The molecule has 2 N–H and O–H groups in total. The summed E-state index contributed by atoms with van der Waals surface area (Å²) in [5.41, 5.74) is 3.26. The SMILES string of the molecule is CC[C@H](C(=O)NCc1cccc(-c2nn[nH]n2)c1)n1cc(C(C)=O)c2ccccc21. The molecule has 152 valence electrons. The van der Waals surface area contributed by atoms with Gasteiger partial charge in [-0.2, -0.15) is 5.21 Å². The first-order valence-electron chi connectivity index (χ1n) is 9.79. The van der Waals surface area contributed by atoms with Gasteiger partial charge in [-0.25, -0.2) is 0 Å². The highest BCUT2D eigenvalue weighted by atomic mass is 16.2. The summed E-state index contributed by atoms with van der Waals surface area (Å²) in [5.74, 6) is 0.391. The van der Waals surface area contributed by atoms with Gasteiger partial charge in [0.25, 0.3) is 0 Å². The summed E-state index contributed by atoms with van der Waals surface area (Å²) in [6.07, 6.45) is 2.39. The lowest BCUT2D eigenvalue weighted by atomic mass is 10.1. The number of carbonyl (C=O) groups excluding carboxylic acids is 2. The lowest BCUT2D eigenvalue weighted by Gasteiger charge is -2.18. The average Bonchev–Trinajstić information content (AvgIpc) is 3.42. The quantitative estimate of drug-likeness (QED) is 0.462. The molecule has 0 fully saturated rings. The van der Waals surface area contributed by atoms with Crippen LogP contribution in [-0.4, -0.2) is 36.9 Å². The molecule has 4 aromatic rings. The fourth-order valence-corrected chi connectivity index (χ4v) is 3.66. The van der Waals surface area contributed by atoms with Crippen molar-refractivity contribution in [1.29, 1.82) is 0 Å². The minimum Gasteiger partial charge on any atom is -0.350 e. The topological polar surface area (TPSA) is 106 Å². The van der Waals surface area contributed by atoms with Crippen molar-refractivity contribution in [3.63, 3.8) is 0 Å². The number of rotatable bonds is 7. The van der Waals surface area contributed by atoms with E-state index in [0.29, 0.717) is 24.4 Å². The number of hydrogen-bond acceptors (Lipinski definition) is 5. The van der Waals surface area contributed by atoms with E-state index >= 15 is 0 Å². The Hall–Kier alpha value is -3.81. The number of benzene rings is 2. The number of hydrogen-bond donors (Lipinski definition) is 2. The number of H-pyrrole nitrogens is 1. The van der Waals surface area contributed by atoms with Crippen molar-refractivity contribution < 1.29 is 9.59 Å². The van der Waals surface area contributed by atoms with Crippen LogP contribution in [0.5, 0.6) is 0 Å². The second kappa shape index (κ2) is 8.28. The highest BCUT2D eigenvalue weighted by Gasteiger charge is 2.22. The number of nitrogens with one attached hydrogen (secondary N) is 2. The van der Waals surface area contributed by atoms with Crippen LogP contribution >= 0.6 is 0 Å². The van der Waals surface area contributed by atoms with Gasteiger partial charge in [0, 0.05) is 34.8 Å². The van der Waals surface area contributed by atoms with Gasteiger partial charge in [0.15, 0.2) is 5.78 Å². The van der Waals surface area contributed by atoms with Gasteiger partial charge in [-0.3, -0.25) is 9.59 Å². The van der Waals surface area contributed by atoms with E-state index in [1.165, 1.54) is 0 Å². The van der Waals surface area contributed by atoms with Crippen LogP contribution in [0.3, 0.4) is 0 Å². The van der Waals surface area contributed by atoms with Gasteiger partial charge in [-0.05, 0) is 36.3 Å². The molecule has 2 aromatic carbocycles. The maximum Gasteiger partial charge on any atom is 0.243 e. The largest absolute Gasteiger partial charge is 0.350 e. The van der Waals surface area contributed by atoms with Crippen molar-refractivity contribution in [2.75, 3.05) is 0 Å². The Balaban J connectivity index is 1.55. The first kappa shape index (κ1) is 19.5. The average molecular weight is 402 g/mol. The molecule has 0 unspecified atom stereocenters. The highest BCUT2D eigenvalue weighted by Crippen LogP contribution is 2.27. The van der Waals surface area contributed by atoms with Crippen LogP contribution in [0, 0.1) is 0 Å². The van der Waals surface area contributed by atoms with Gasteiger partial charge in [-0.15, -0.1) is 10.2 Å². The number of amides is 1. The molecule has 1 atom stereocenters. The molecule has 2 aromatic heterocycles. The van der Waals surface area contributed by atoms with E-state index in [9.17, 15) is 9.59 Å². The summed E-state index contributed by atoms with van der Waals surface area (Å²) in [7, 11) is 0. The molecule has 0 aliphatic rings. The first-order valence-corrected chi connectivity index (χ1v) is 9.79. The number of nitrogens with zero attached hydrogens (tertiary/aromatic N) is 4. The number of ketones is 1. The molecule has 4 rings (SSSR count). The number of tetrazole rings is 1. The smallest absolute Gasteiger partial charge is 0.243 e. The van der Waals surface area contributed by atoms with Crippen molar-refractivity contribution in [1.82, 2.24) is 30.5 Å². The Kier molecular flexibility index (Phi) is 5.38. The van der Waals surface area contributed by atoms with Crippen LogP contribution in [0.4, 0.5) is 0 Å². The normalized spacial score (nSPS) is 12.1. The number of fused-ring (bicyclic) bond motifs is 1. The molecule has 8 heteroatoms. The number of carbonyl (C=O) groups is 2. The van der Waals surface area contributed by atoms with Gasteiger partial charge in [0.05, 0.1) is 0 Å². The summed E-state index contributed by atoms with van der Waals surface area (Å²) < 4.78 is 1.90. The fraction of sp³-hybridized carbons (Fsp3) is 0.227. The third-order valence-electron chi connectivity index (χ3n) is 5.14. The summed E-state index contributed by atoms with van der Waals surface area (Å²) in [6, 6.07) is 14.9. The number of Topliss-reactive ketones (excluding diaryl/α,β-unsaturated/α-hetero) is 1. The van der Waals surface area contributed by atoms with E-state index in [1.54, 1.807) is 13.1 Å². The molecule has 0 spiro atoms. The molecule has 0 saturated carbocycles. The fourth-order valence-electron chi connectivity index (χ4n) is 3.66. The standard InChI is InChI=1S/C22H22N6O2/c1-3-19(28-13-18(14(2)29)17-9-4-5-10-20(17)28)22(30)23-12-15-7-6-8-16(11-15)21-24-26-27-25-21/h4-11,13,19H,3,12H2,1-2H3,(H,23,30)(H,24,25,26,27)/t19-/m1/s1. The summed E-state index contributed by atoms with van der Waals surface area (Å²) in [5, 5.41) is 17.9. The molecule has 0 bridgehead atoms. The lowest BCUT2D eigenvalue weighted by Crippen LogP contribution is -2.31. The van der Waals surface area contributed by atoms with Crippen LogP contribution in [0.25, 0.3) is 22.3 Å². The predicted molar refractivity (Wildman–Crippen MR) is 113 cm³/mol. The van der Waals surface area contributed by atoms with Gasteiger partial charge in [-0.1, -0.05) is 43.3 Å². The second-order valence-corrected chi connectivity index (χ2v) is 7.10. The van der Waals surface area contributed by atoms with E-state index in [1.807, 2.05) is 60.0 Å². The van der Waals surface area contributed by atoms with Crippen LogP contribution < -0.4 is 5.32 Å². The first-order chi connectivity index (χ1) is 14.6. The Morgan fingerprint density at radius 1 is 1.17 bits per heavy atom. The van der Waals surface area contributed by atoms with Gasteiger partial charge in [0.2, 0.25) is 11.7 Å². The number of aromatic nitrogens is 5. The Morgan fingerprint density at radius 2 is 2.00 bits per heavy atom. The van der Waals surface area contributed by atoms with Crippen molar-refractivity contribution >= 4 is 22.6 Å². The molecular weight excluding hydrogens is 380 g/mol. The molecule has 1 amide bonds.